The van der Waals surface area contributed by atoms with Crippen LogP contribution in [0.4, 0.5) is 11.4 Å². The minimum atomic E-state index is 0.761. The standard InChI is InChI=1S/C30H24N2/c31-25-15-11-23(12-16-25)29-20-28(22-9-5-2-6-10-22)30(24-13-17-26(32)18-14-24)19-27(29)21-7-3-1-4-8-21/h1-20H,31-32H2. The molecule has 0 bridgehead atoms. The number of nitrogens with two attached hydrogens (primary N) is 2. The van der Waals surface area contributed by atoms with Gasteiger partial charge in [-0.2, -0.15) is 0 Å². The highest BCUT2D eigenvalue weighted by Crippen LogP contribution is 2.42. The monoisotopic (exact) mass is 412 g/mol. The molecule has 0 spiro atoms. The van der Waals surface area contributed by atoms with E-state index in [2.05, 4.69) is 84.9 Å². The Hall–Kier alpha value is -4.30. The van der Waals surface area contributed by atoms with Crippen molar-refractivity contribution in [2.24, 2.45) is 0 Å². The van der Waals surface area contributed by atoms with Crippen molar-refractivity contribution in [1.29, 1.82) is 0 Å². The van der Waals surface area contributed by atoms with Gasteiger partial charge in [-0.15, -0.1) is 0 Å². The lowest BCUT2D eigenvalue weighted by atomic mass is 9.85. The maximum absolute atomic E-state index is 5.98. The third-order valence-electron chi connectivity index (χ3n) is 5.77. The fourth-order valence-corrected chi connectivity index (χ4v) is 4.12. The summed E-state index contributed by atoms with van der Waals surface area (Å²) in [6.45, 7) is 0. The molecule has 0 aliphatic heterocycles. The van der Waals surface area contributed by atoms with E-state index < -0.39 is 0 Å². The van der Waals surface area contributed by atoms with E-state index in [1.165, 1.54) is 33.4 Å². The average Bonchev–Trinajstić information content (AvgIpc) is 2.85. The van der Waals surface area contributed by atoms with Crippen molar-refractivity contribution in [3.63, 3.8) is 0 Å². The third kappa shape index (κ3) is 3.86. The van der Waals surface area contributed by atoms with E-state index in [1.54, 1.807) is 0 Å². The predicted octanol–water partition coefficient (Wildman–Crippen LogP) is 7.52. The van der Waals surface area contributed by atoms with Gasteiger partial charge in [-0.25, -0.2) is 0 Å². The number of hydrogen-bond acceptors (Lipinski definition) is 2. The van der Waals surface area contributed by atoms with E-state index in [1.807, 2.05) is 36.4 Å². The highest BCUT2D eigenvalue weighted by molar-refractivity contribution is 5.95. The summed E-state index contributed by atoms with van der Waals surface area (Å²) >= 11 is 0. The molecule has 0 heterocycles. The number of nitrogen functional groups attached to an aromatic ring is 2. The summed E-state index contributed by atoms with van der Waals surface area (Å²) in [5, 5.41) is 0. The summed E-state index contributed by atoms with van der Waals surface area (Å²) in [5.41, 5.74) is 22.8. The zero-order chi connectivity index (χ0) is 21.9. The molecule has 5 aromatic carbocycles. The Morgan fingerprint density at radius 1 is 0.312 bits per heavy atom. The quantitative estimate of drug-likeness (QED) is 0.300. The van der Waals surface area contributed by atoms with E-state index in [-0.39, 0.29) is 0 Å². The fraction of sp³-hybridized carbons (Fsp3) is 0. The maximum atomic E-state index is 5.98. The molecule has 0 amide bonds. The fourth-order valence-electron chi connectivity index (χ4n) is 4.12. The number of hydrogen-bond donors (Lipinski definition) is 2. The van der Waals surface area contributed by atoms with Crippen molar-refractivity contribution in [2.75, 3.05) is 11.5 Å². The number of benzene rings is 5. The van der Waals surface area contributed by atoms with Crippen molar-refractivity contribution in [1.82, 2.24) is 0 Å². The molecule has 0 radical (unpaired) electrons. The van der Waals surface area contributed by atoms with Crippen LogP contribution in [0, 0.1) is 0 Å². The first-order chi connectivity index (χ1) is 15.7. The minimum Gasteiger partial charge on any atom is -0.399 e. The van der Waals surface area contributed by atoms with Crippen LogP contribution in [0.5, 0.6) is 0 Å². The highest BCUT2D eigenvalue weighted by Gasteiger charge is 2.16. The molecule has 2 nitrogen and oxygen atoms in total. The molecule has 0 aliphatic rings. The van der Waals surface area contributed by atoms with Crippen LogP contribution in [0.25, 0.3) is 44.5 Å². The third-order valence-corrected chi connectivity index (χ3v) is 5.77. The molecular formula is C30H24N2. The molecule has 0 atom stereocenters. The molecule has 0 unspecified atom stereocenters. The molecule has 154 valence electrons. The van der Waals surface area contributed by atoms with Crippen molar-refractivity contribution in [2.45, 2.75) is 0 Å². The van der Waals surface area contributed by atoms with E-state index in [9.17, 15) is 0 Å². The molecule has 32 heavy (non-hydrogen) atoms. The van der Waals surface area contributed by atoms with Crippen molar-refractivity contribution in [3.05, 3.63) is 121 Å². The molecule has 0 saturated heterocycles. The SMILES string of the molecule is Nc1ccc(-c2cc(-c3ccccc3)c(-c3ccc(N)cc3)cc2-c2ccccc2)cc1. The van der Waals surface area contributed by atoms with Gasteiger partial charge < -0.3 is 11.5 Å². The zero-order valence-electron chi connectivity index (χ0n) is 17.7. The van der Waals surface area contributed by atoms with Crippen molar-refractivity contribution in [3.8, 4) is 44.5 Å². The van der Waals surface area contributed by atoms with Gasteiger partial charge in [0.1, 0.15) is 0 Å². The normalized spacial score (nSPS) is 10.8. The largest absolute Gasteiger partial charge is 0.399 e. The maximum Gasteiger partial charge on any atom is 0.0314 e. The van der Waals surface area contributed by atoms with E-state index in [0.717, 1.165) is 22.5 Å². The lowest BCUT2D eigenvalue weighted by molar-refractivity contribution is 1.54. The van der Waals surface area contributed by atoms with Crippen LogP contribution in [-0.4, -0.2) is 0 Å². The van der Waals surface area contributed by atoms with E-state index in [0.29, 0.717) is 0 Å². The van der Waals surface area contributed by atoms with Gasteiger partial charge in [-0.1, -0.05) is 84.9 Å². The topological polar surface area (TPSA) is 52.0 Å². The second-order valence-electron chi connectivity index (χ2n) is 7.92. The van der Waals surface area contributed by atoms with Gasteiger partial charge >= 0.3 is 0 Å². The summed E-state index contributed by atoms with van der Waals surface area (Å²) < 4.78 is 0. The molecule has 0 fully saturated rings. The molecular weight excluding hydrogens is 388 g/mol. The molecule has 5 rings (SSSR count). The predicted molar refractivity (Wildman–Crippen MR) is 137 cm³/mol. The van der Waals surface area contributed by atoms with Gasteiger partial charge in [0.15, 0.2) is 0 Å². The second-order valence-corrected chi connectivity index (χ2v) is 7.92. The summed E-state index contributed by atoms with van der Waals surface area (Å²) in [7, 11) is 0. The van der Waals surface area contributed by atoms with Gasteiger partial charge in [-0.05, 0) is 80.9 Å². The Morgan fingerprint density at radius 3 is 0.906 bits per heavy atom. The van der Waals surface area contributed by atoms with Crippen LogP contribution in [-0.2, 0) is 0 Å². The first kappa shape index (κ1) is 19.7. The Bertz CT molecular complexity index is 1230. The number of rotatable bonds is 4. The Kier molecular flexibility index (Phi) is 5.19. The van der Waals surface area contributed by atoms with Crippen LogP contribution < -0.4 is 11.5 Å². The van der Waals surface area contributed by atoms with Gasteiger partial charge in [-0.3, -0.25) is 0 Å². The lowest BCUT2D eigenvalue weighted by Crippen LogP contribution is -1.93. The summed E-state index contributed by atoms with van der Waals surface area (Å²) in [6, 6.07) is 41.8. The smallest absolute Gasteiger partial charge is 0.0314 e. The van der Waals surface area contributed by atoms with Crippen LogP contribution >= 0.6 is 0 Å². The van der Waals surface area contributed by atoms with Gasteiger partial charge in [0, 0.05) is 11.4 Å². The van der Waals surface area contributed by atoms with Crippen molar-refractivity contribution >= 4 is 11.4 Å². The lowest BCUT2D eigenvalue weighted by Gasteiger charge is -2.18. The summed E-state index contributed by atoms with van der Waals surface area (Å²) in [4.78, 5) is 0. The Morgan fingerprint density at radius 2 is 0.594 bits per heavy atom. The van der Waals surface area contributed by atoms with Crippen LogP contribution in [0.2, 0.25) is 0 Å². The zero-order valence-corrected chi connectivity index (χ0v) is 17.7. The van der Waals surface area contributed by atoms with Gasteiger partial charge in [0.05, 0.1) is 0 Å². The molecule has 0 aliphatic carbocycles. The first-order valence-electron chi connectivity index (χ1n) is 10.7. The van der Waals surface area contributed by atoms with Crippen LogP contribution in [0.15, 0.2) is 121 Å². The van der Waals surface area contributed by atoms with Crippen LogP contribution in [0.3, 0.4) is 0 Å². The van der Waals surface area contributed by atoms with Gasteiger partial charge in [0.25, 0.3) is 0 Å². The molecule has 4 N–H and O–H groups in total. The van der Waals surface area contributed by atoms with Crippen LogP contribution in [0.1, 0.15) is 0 Å². The highest BCUT2D eigenvalue weighted by atomic mass is 14.5. The van der Waals surface area contributed by atoms with Crippen molar-refractivity contribution < 1.29 is 0 Å². The molecule has 0 saturated carbocycles. The Balaban J connectivity index is 1.83. The van der Waals surface area contributed by atoms with E-state index >= 15 is 0 Å². The Labute approximate surface area is 188 Å². The van der Waals surface area contributed by atoms with Gasteiger partial charge in [0.2, 0.25) is 0 Å². The summed E-state index contributed by atoms with van der Waals surface area (Å²) in [6.07, 6.45) is 0. The molecule has 2 heteroatoms. The molecule has 0 aromatic heterocycles. The van der Waals surface area contributed by atoms with E-state index in [4.69, 9.17) is 11.5 Å². The average molecular weight is 413 g/mol. The minimum absolute atomic E-state index is 0.761. The molecule has 5 aromatic rings. The first-order valence-corrected chi connectivity index (χ1v) is 10.7. The second kappa shape index (κ2) is 8.44. The summed E-state index contributed by atoms with van der Waals surface area (Å²) in [5.74, 6) is 0. The number of anilines is 2.